The first-order valence-electron chi connectivity index (χ1n) is 12.7. The molecule has 0 amide bonds. The van der Waals surface area contributed by atoms with Crippen molar-refractivity contribution in [1.29, 1.82) is 0 Å². The van der Waals surface area contributed by atoms with Crippen molar-refractivity contribution >= 4 is 16.9 Å². The Morgan fingerprint density at radius 2 is 1.97 bits per heavy atom. The lowest BCUT2D eigenvalue weighted by Crippen LogP contribution is -2.42. The van der Waals surface area contributed by atoms with Gasteiger partial charge < -0.3 is 20.3 Å². The lowest BCUT2D eigenvalue weighted by atomic mass is 9.89. The van der Waals surface area contributed by atoms with Crippen LogP contribution in [0.2, 0.25) is 0 Å². The minimum absolute atomic E-state index is 0.130. The molecular formula is C27H33F2N5O3. The fourth-order valence-corrected chi connectivity index (χ4v) is 5.44. The van der Waals surface area contributed by atoms with Crippen molar-refractivity contribution in [3.05, 3.63) is 47.0 Å². The number of aliphatic hydroxyl groups excluding tert-OH is 2. The average molecular weight is 514 g/mol. The van der Waals surface area contributed by atoms with Crippen LogP contribution in [0.4, 0.5) is 14.7 Å². The van der Waals surface area contributed by atoms with Gasteiger partial charge in [-0.2, -0.15) is 0 Å². The highest BCUT2D eigenvalue weighted by molar-refractivity contribution is 5.92. The topological polar surface area (TPSA) is 104 Å². The van der Waals surface area contributed by atoms with E-state index in [1.54, 1.807) is 0 Å². The van der Waals surface area contributed by atoms with Gasteiger partial charge in [0.2, 0.25) is 5.95 Å². The minimum atomic E-state index is -1.25. The molecule has 0 bridgehead atoms. The van der Waals surface area contributed by atoms with Crippen molar-refractivity contribution in [3.8, 4) is 11.3 Å². The third-order valence-corrected chi connectivity index (χ3v) is 7.32. The van der Waals surface area contributed by atoms with Crippen LogP contribution in [-0.4, -0.2) is 80.8 Å². The van der Waals surface area contributed by atoms with Crippen LogP contribution in [0, 0.1) is 12.7 Å². The van der Waals surface area contributed by atoms with E-state index < -0.39 is 24.2 Å². The largest absolute Gasteiger partial charge is 0.389 e. The van der Waals surface area contributed by atoms with E-state index in [9.17, 15) is 14.6 Å². The van der Waals surface area contributed by atoms with E-state index in [1.807, 2.05) is 30.2 Å². The van der Waals surface area contributed by atoms with Crippen LogP contribution in [0.5, 0.6) is 0 Å². The summed E-state index contributed by atoms with van der Waals surface area (Å²) in [6.07, 6.45) is 0.627. The van der Waals surface area contributed by atoms with E-state index in [-0.39, 0.29) is 43.3 Å². The van der Waals surface area contributed by atoms with E-state index in [1.165, 1.54) is 0 Å². The molecule has 5 rings (SSSR count). The fraction of sp³-hybridized carbons (Fsp3) is 0.519. The number of hydrogen-bond acceptors (Lipinski definition) is 8. The molecule has 37 heavy (non-hydrogen) atoms. The Morgan fingerprint density at radius 3 is 2.68 bits per heavy atom. The number of alkyl halides is 1. The van der Waals surface area contributed by atoms with Crippen molar-refractivity contribution in [2.45, 2.75) is 64.1 Å². The highest BCUT2D eigenvalue weighted by atomic mass is 19.1. The maximum atomic E-state index is 15.1. The van der Waals surface area contributed by atoms with Gasteiger partial charge in [-0.1, -0.05) is 19.9 Å². The van der Waals surface area contributed by atoms with Gasteiger partial charge in [-0.25, -0.2) is 18.7 Å². The third-order valence-electron chi connectivity index (χ3n) is 7.32. The van der Waals surface area contributed by atoms with E-state index in [4.69, 9.17) is 4.74 Å². The van der Waals surface area contributed by atoms with Crippen molar-refractivity contribution in [3.63, 3.8) is 0 Å². The van der Waals surface area contributed by atoms with Gasteiger partial charge in [0.1, 0.15) is 11.9 Å². The highest BCUT2D eigenvalue weighted by Gasteiger charge is 2.32. The predicted octanol–water partition coefficient (Wildman–Crippen LogP) is 3.34. The summed E-state index contributed by atoms with van der Waals surface area (Å²) in [6.45, 7) is 7.79. The lowest BCUT2D eigenvalue weighted by Gasteiger charge is -2.28. The summed E-state index contributed by atoms with van der Waals surface area (Å²) >= 11 is 0. The maximum Gasteiger partial charge on any atom is 0.223 e. The minimum Gasteiger partial charge on any atom is -0.389 e. The molecule has 3 aromatic rings. The van der Waals surface area contributed by atoms with Gasteiger partial charge in [-0.05, 0) is 42.0 Å². The van der Waals surface area contributed by atoms with Gasteiger partial charge in [0.15, 0.2) is 5.82 Å². The van der Waals surface area contributed by atoms with Gasteiger partial charge >= 0.3 is 0 Å². The van der Waals surface area contributed by atoms with E-state index in [0.29, 0.717) is 25.1 Å². The van der Waals surface area contributed by atoms with E-state index in [2.05, 4.69) is 34.1 Å². The monoisotopic (exact) mass is 513 g/mol. The molecule has 2 aromatic heterocycles. The molecule has 0 unspecified atom stereocenters. The number of rotatable bonds is 6. The number of aryl methyl sites for hydroxylation is 1. The van der Waals surface area contributed by atoms with Crippen LogP contribution in [-0.2, 0) is 11.3 Å². The lowest BCUT2D eigenvalue weighted by molar-refractivity contribution is -0.0136. The fourth-order valence-electron chi connectivity index (χ4n) is 5.44. The molecule has 0 aliphatic carbocycles. The first-order chi connectivity index (χ1) is 17.7. The molecule has 10 heteroatoms. The maximum absolute atomic E-state index is 15.1. The number of benzene rings is 1. The zero-order valence-electron chi connectivity index (χ0n) is 21.3. The highest BCUT2D eigenvalue weighted by Crippen LogP contribution is 2.36. The zero-order chi connectivity index (χ0) is 26.3. The molecule has 2 fully saturated rings. The standard InChI is InChI=1S/C27H33F2N5O3/c1-14(2)24-16(10-34-11-19(29)22(35)12-34)8-30-21-5-4-17(15(3)25(21)24)26-18(28)9-31-27(33-26)32-20-6-7-37-13-23(20)36/h4-5,8-9,14,19-20,22-23,35-36H,6-7,10-13H2,1-3H3,(H,31,32,33)/t19-,20-,22-,23-/m1/s1. The van der Waals surface area contributed by atoms with Crippen LogP contribution >= 0.6 is 0 Å². The number of anilines is 1. The Morgan fingerprint density at radius 1 is 1.16 bits per heavy atom. The second kappa shape index (κ2) is 10.5. The number of likely N-dealkylation sites (tertiary alicyclic amines) is 1. The molecule has 4 atom stereocenters. The molecule has 2 aliphatic heterocycles. The van der Waals surface area contributed by atoms with Crippen molar-refractivity contribution in [2.24, 2.45) is 0 Å². The van der Waals surface area contributed by atoms with Crippen LogP contribution < -0.4 is 5.32 Å². The predicted molar refractivity (Wildman–Crippen MR) is 137 cm³/mol. The third kappa shape index (κ3) is 5.16. The zero-order valence-corrected chi connectivity index (χ0v) is 21.3. The summed E-state index contributed by atoms with van der Waals surface area (Å²) in [5.74, 6) is -0.174. The number of nitrogens with one attached hydrogen (secondary N) is 1. The molecule has 198 valence electrons. The Labute approximate surface area is 214 Å². The van der Waals surface area contributed by atoms with Gasteiger partial charge in [0.05, 0.1) is 36.6 Å². The van der Waals surface area contributed by atoms with Gasteiger partial charge in [0, 0.05) is 43.4 Å². The van der Waals surface area contributed by atoms with E-state index >= 15 is 4.39 Å². The Bertz CT molecular complexity index is 1280. The number of aromatic nitrogens is 3. The molecule has 4 heterocycles. The number of aliphatic hydroxyl groups is 2. The first-order valence-corrected chi connectivity index (χ1v) is 12.7. The molecule has 1 aromatic carbocycles. The van der Waals surface area contributed by atoms with Crippen molar-refractivity contribution in [2.75, 3.05) is 31.6 Å². The first kappa shape index (κ1) is 25.8. The summed E-state index contributed by atoms with van der Waals surface area (Å²) in [5, 5.41) is 24.1. The Hall–Kier alpha value is -2.79. The van der Waals surface area contributed by atoms with Crippen LogP contribution in [0.1, 0.15) is 42.9 Å². The summed E-state index contributed by atoms with van der Waals surface area (Å²) < 4.78 is 34.3. The molecule has 2 aliphatic rings. The van der Waals surface area contributed by atoms with Gasteiger partial charge in [-0.3, -0.25) is 9.88 Å². The quantitative estimate of drug-likeness (QED) is 0.461. The molecule has 0 saturated carbocycles. The second-order valence-electron chi connectivity index (χ2n) is 10.3. The molecule has 2 saturated heterocycles. The molecule has 3 N–H and O–H groups in total. The summed E-state index contributed by atoms with van der Waals surface area (Å²) in [5.41, 5.74) is 4.46. The normalized spacial score (nSPS) is 24.8. The van der Waals surface area contributed by atoms with Crippen molar-refractivity contribution < 1.29 is 23.7 Å². The smallest absolute Gasteiger partial charge is 0.223 e. The van der Waals surface area contributed by atoms with Crippen LogP contribution in [0.3, 0.4) is 0 Å². The van der Waals surface area contributed by atoms with Gasteiger partial charge in [0.25, 0.3) is 0 Å². The molecular weight excluding hydrogens is 480 g/mol. The van der Waals surface area contributed by atoms with Crippen molar-refractivity contribution in [1.82, 2.24) is 19.9 Å². The van der Waals surface area contributed by atoms with E-state index in [0.717, 1.165) is 33.8 Å². The Kier molecular flexibility index (Phi) is 7.35. The Balaban J connectivity index is 1.54. The molecule has 8 nitrogen and oxygen atoms in total. The van der Waals surface area contributed by atoms with Crippen LogP contribution in [0.15, 0.2) is 24.5 Å². The SMILES string of the molecule is Cc1c(-c2nc(N[C@@H]3CCOC[C@H]3O)ncc2F)ccc2ncc(CN3C[C@@H](O)[C@H](F)C3)c(C(C)C)c12. The number of pyridine rings is 1. The second-order valence-corrected chi connectivity index (χ2v) is 10.3. The number of halogens is 2. The summed E-state index contributed by atoms with van der Waals surface area (Å²) in [4.78, 5) is 15.1. The summed E-state index contributed by atoms with van der Waals surface area (Å²) in [6, 6.07) is 3.40. The molecule has 0 radical (unpaired) electrons. The average Bonchev–Trinajstić information content (AvgIpc) is 3.18. The molecule has 0 spiro atoms. The number of β-amino-alcohol motifs (C(OH)–C–C–N with tert-alkyl or cyclic N) is 1. The number of ether oxygens (including phenoxy) is 1. The number of hydrogen-bond donors (Lipinski definition) is 3. The van der Waals surface area contributed by atoms with Gasteiger partial charge in [-0.15, -0.1) is 0 Å². The number of fused-ring (bicyclic) bond motifs is 1. The summed E-state index contributed by atoms with van der Waals surface area (Å²) in [7, 11) is 0. The number of nitrogens with zero attached hydrogens (tertiary/aromatic N) is 4. The van der Waals surface area contributed by atoms with Crippen LogP contribution in [0.25, 0.3) is 22.2 Å².